The Hall–Kier alpha value is -2.93. The molecule has 0 atom stereocenters. The number of hydrogen-bond donors (Lipinski definition) is 1. The molecule has 0 spiro atoms. The van der Waals surface area contributed by atoms with Crippen molar-refractivity contribution in [2.24, 2.45) is 0 Å². The van der Waals surface area contributed by atoms with E-state index in [2.05, 4.69) is 15.2 Å². The molecule has 0 unspecified atom stereocenters. The molecule has 3 aromatic rings. The van der Waals surface area contributed by atoms with Crippen LogP contribution in [-0.2, 0) is 13.1 Å². The monoisotopic (exact) mass is 412 g/mol. The van der Waals surface area contributed by atoms with Gasteiger partial charge in [0.05, 0.1) is 19.1 Å². The van der Waals surface area contributed by atoms with Crippen molar-refractivity contribution in [3.05, 3.63) is 78.1 Å². The summed E-state index contributed by atoms with van der Waals surface area (Å²) in [6, 6.07) is 12.4. The second kappa shape index (κ2) is 10.0. The highest BCUT2D eigenvalue weighted by Crippen LogP contribution is 2.26. The van der Waals surface area contributed by atoms with Crippen LogP contribution in [-0.4, -0.2) is 33.2 Å². The maximum atomic E-state index is 13.3. The summed E-state index contributed by atoms with van der Waals surface area (Å²) >= 11 is 5.70. The van der Waals surface area contributed by atoms with Crippen molar-refractivity contribution < 1.29 is 9.13 Å². The molecule has 0 bridgehead atoms. The predicted octanol–water partition coefficient (Wildman–Crippen LogP) is 4.63. The van der Waals surface area contributed by atoms with Crippen molar-refractivity contribution >= 4 is 23.0 Å². The molecule has 0 radical (unpaired) electrons. The molecule has 0 aliphatic heterocycles. The quantitative estimate of drug-likeness (QED) is 0.547. The van der Waals surface area contributed by atoms with Crippen LogP contribution in [0.1, 0.15) is 17.5 Å². The highest BCUT2D eigenvalue weighted by Gasteiger charge is 2.13. The first kappa shape index (κ1) is 20.8. The number of rotatable bonds is 8. The predicted molar refractivity (Wildman–Crippen MR) is 118 cm³/mol. The maximum absolute atomic E-state index is 13.3. The zero-order valence-corrected chi connectivity index (χ0v) is 17.5. The van der Waals surface area contributed by atoms with Crippen LogP contribution in [0, 0.1) is 12.7 Å². The zero-order chi connectivity index (χ0) is 20.6. The van der Waals surface area contributed by atoms with E-state index in [9.17, 15) is 4.39 Å². The van der Waals surface area contributed by atoms with Crippen LogP contribution in [0.4, 0.5) is 10.1 Å². The number of ether oxygens (including phenoxy) is 1. The minimum atomic E-state index is -0.245. The fraction of sp³-hybridized carbons (Fsp3) is 0.273. The summed E-state index contributed by atoms with van der Waals surface area (Å²) in [6.45, 7) is 4.19. The normalized spacial score (nSPS) is 10.6. The Bertz CT molecular complexity index is 928. The second-order valence-corrected chi connectivity index (χ2v) is 7.22. The molecule has 7 heteroatoms. The summed E-state index contributed by atoms with van der Waals surface area (Å²) < 4.78 is 20.8. The molecule has 0 saturated heterocycles. The van der Waals surface area contributed by atoms with Gasteiger partial charge < -0.3 is 19.5 Å². The third-order valence-electron chi connectivity index (χ3n) is 4.58. The summed E-state index contributed by atoms with van der Waals surface area (Å²) in [4.78, 5) is 6.16. The van der Waals surface area contributed by atoms with E-state index >= 15 is 0 Å². The minimum absolute atomic E-state index is 0.245. The Morgan fingerprint density at radius 2 is 2.03 bits per heavy atom. The minimum Gasteiger partial charge on any atom is -0.495 e. The second-order valence-electron chi connectivity index (χ2n) is 6.84. The summed E-state index contributed by atoms with van der Waals surface area (Å²) in [5.74, 6) is 0.498. The number of anilines is 1. The van der Waals surface area contributed by atoms with Gasteiger partial charge in [-0.2, -0.15) is 0 Å². The molecule has 29 heavy (non-hydrogen) atoms. The van der Waals surface area contributed by atoms with Gasteiger partial charge in [0.25, 0.3) is 0 Å². The molecule has 3 rings (SSSR count). The van der Waals surface area contributed by atoms with Crippen LogP contribution in [0.25, 0.3) is 0 Å². The van der Waals surface area contributed by atoms with E-state index in [1.165, 1.54) is 12.1 Å². The number of aromatic nitrogens is 2. The molecule has 152 valence electrons. The average molecular weight is 413 g/mol. The van der Waals surface area contributed by atoms with Gasteiger partial charge in [0.2, 0.25) is 0 Å². The van der Waals surface area contributed by atoms with Crippen LogP contribution in [0.3, 0.4) is 0 Å². The molecule has 0 fully saturated rings. The van der Waals surface area contributed by atoms with Crippen LogP contribution < -0.4 is 10.1 Å². The Morgan fingerprint density at radius 3 is 2.72 bits per heavy atom. The van der Waals surface area contributed by atoms with Gasteiger partial charge in [0.1, 0.15) is 11.6 Å². The Morgan fingerprint density at radius 1 is 1.24 bits per heavy atom. The van der Waals surface area contributed by atoms with Crippen molar-refractivity contribution in [1.29, 1.82) is 0 Å². The lowest BCUT2D eigenvalue weighted by Crippen LogP contribution is -2.35. The van der Waals surface area contributed by atoms with Gasteiger partial charge in [-0.05, 0) is 61.0 Å². The molecular formula is C22H25FN4OS. The third-order valence-corrected chi connectivity index (χ3v) is 4.94. The lowest BCUT2D eigenvalue weighted by molar-refractivity contribution is 0.394. The number of nitrogens with one attached hydrogen (secondary N) is 1. The first-order chi connectivity index (χ1) is 14.0. The Labute approximate surface area is 176 Å². The number of thiocarbonyl (C=S) groups is 1. The fourth-order valence-corrected chi connectivity index (χ4v) is 3.29. The van der Waals surface area contributed by atoms with E-state index in [0.29, 0.717) is 11.7 Å². The van der Waals surface area contributed by atoms with Gasteiger partial charge in [0.15, 0.2) is 5.11 Å². The van der Waals surface area contributed by atoms with Crippen LogP contribution >= 0.6 is 12.2 Å². The van der Waals surface area contributed by atoms with Crippen molar-refractivity contribution in [3.8, 4) is 5.75 Å². The largest absolute Gasteiger partial charge is 0.495 e. The first-order valence-corrected chi connectivity index (χ1v) is 9.87. The molecule has 1 heterocycles. The van der Waals surface area contributed by atoms with Crippen molar-refractivity contribution in [2.45, 2.75) is 26.4 Å². The van der Waals surface area contributed by atoms with E-state index in [0.717, 1.165) is 42.1 Å². The fourth-order valence-electron chi connectivity index (χ4n) is 3.02. The molecule has 1 aromatic heterocycles. The van der Waals surface area contributed by atoms with E-state index in [1.54, 1.807) is 31.8 Å². The molecule has 0 amide bonds. The molecule has 1 N–H and O–H groups in total. The number of imidazole rings is 1. The number of aryl methyl sites for hydroxylation is 2. The van der Waals surface area contributed by atoms with Gasteiger partial charge in [-0.1, -0.05) is 18.2 Å². The van der Waals surface area contributed by atoms with Gasteiger partial charge in [-0.25, -0.2) is 9.37 Å². The van der Waals surface area contributed by atoms with Crippen LogP contribution in [0.5, 0.6) is 5.75 Å². The number of nitrogens with zero attached hydrogens (tertiary/aromatic N) is 3. The highest BCUT2D eigenvalue weighted by molar-refractivity contribution is 7.80. The molecular weight excluding hydrogens is 387 g/mol. The van der Waals surface area contributed by atoms with Gasteiger partial charge >= 0.3 is 0 Å². The Kier molecular flexibility index (Phi) is 7.19. The SMILES string of the molecule is COc1cc(C)ccc1NC(=S)N(CCCn1ccnc1)Cc1ccc(F)cc1. The highest BCUT2D eigenvalue weighted by atomic mass is 32.1. The molecule has 0 saturated carbocycles. The van der Waals surface area contributed by atoms with E-state index in [4.69, 9.17) is 17.0 Å². The number of methoxy groups -OCH3 is 1. The van der Waals surface area contributed by atoms with E-state index in [1.807, 2.05) is 35.9 Å². The summed E-state index contributed by atoms with van der Waals surface area (Å²) in [5, 5.41) is 3.90. The summed E-state index contributed by atoms with van der Waals surface area (Å²) in [6.07, 6.45) is 6.41. The maximum Gasteiger partial charge on any atom is 0.173 e. The molecule has 5 nitrogen and oxygen atoms in total. The third kappa shape index (κ3) is 6.02. The Balaban J connectivity index is 1.71. The lowest BCUT2D eigenvalue weighted by Gasteiger charge is -2.27. The number of hydrogen-bond acceptors (Lipinski definition) is 3. The molecule has 0 aliphatic carbocycles. The lowest BCUT2D eigenvalue weighted by atomic mass is 10.2. The van der Waals surface area contributed by atoms with Crippen molar-refractivity contribution in [2.75, 3.05) is 19.0 Å². The van der Waals surface area contributed by atoms with Gasteiger partial charge in [-0.15, -0.1) is 0 Å². The van der Waals surface area contributed by atoms with E-state index in [-0.39, 0.29) is 5.82 Å². The van der Waals surface area contributed by atoms with Crippen LogP contribution in [0.15, 0.2) is 61.2 Å². The smallest absolute Gasteiger partial charge is 0.173 e. The van der Waals surface area contributed by atoms with Gasteiger partial charge in [-0.3, -0.25) is 0 Å². The average Bonchev–Trinajstić information content (AvgIpc) is 3.23. The van der Waals surface area contributed by atoms with Gasteiger partial charge in [0, 0.05) is 32.0 Å². The number of halogens is 1. The standard InChI is InChI=1S/C22H25FN4OS/c1-17-4-9-20(21(14-17)28-2)25-22(29)27(12-3-11-26-13-10-24-16-26)15-18-5-7-19(23)8-6-18/h4-10,13-14,16H,3,11-12,15H2,1-2H3,(H,25,29). The number of benzene rings is 2. The van der Waals surface area contributed by atoms with Crippen molar-refractivity contribution in [3.63, 3.8) is 0 Å². The van der Waals surface area contributed by atoms with E-state index < -0.39 is 0 Å². The summed E-state index contributed by atoms with van der Waals surface area (Å²) in [7, 11) is 1.64. The molecule has 2 aromatic carbocycles. The zero-order valence-electron chi connectivity index (χ0n) is 16.6. The van der Waals surface area contributed by atoms with Crippen LogP contribution in [0.2, 0.25) is 0 Å². The summed E-state index contributed by atoms with van der Waals surface area (Å²) in [5.41, 5.74) is 2.93. The topological polar surface area (TPSA) is 42.3 Å². The molecule has 0 aliphatic rings. The first-order valence-electron chi connectivity index (χ1n) is 9.46. The van der Waals surface area contributed by atoms with Crippen molar-refractivity contribution in [1.82, 2.24) is 14.5 Å².